The predicted molar refractivity (Wildman–Crippen MR) is 75.5 cm³/mol. The molecule has 1 aromatic heterocycles. The SMILES string of the molecule is Cc1ccc(CC(CN)Cc2cccs2)cc1. The van der Waals surface area contributed by atoms with E-state index < -0.39 is 0 Å². The lowest BCUT2D eigenvalue weighted by Gasteiger charge is -2.13. The average molecular weight is 245 g/mol. The topological polar surface area (TPSA) is 26.0 Å². The molecule has 90 valence electrons. The Morgan fingerprint density at radius 3 is 2.47 bits per heavy atom. The van der Waals surface area contributed by atoms with E-state index in [0.717, 1.165) is 19.4 Å². The quantitative estimate of drug-likeness (QED) is 0.858. The van der Waals surface area contributed by atoms with Crippen LogP contribution in [0.5, 0.6) is 0 Å². The lowest BCUT2D eigenvalue weighted by atomic mass is 9.95. The largest absolute Gasteiger partial charge is 0.330 e. The van der Waals surface area contributed by atoms with Crippen molar-refractivity contribution >= 4 is 11.3 Å². The van der Waals surface area contributed by atoms with E-state index in [9.17, 15) is 0 Å². The Hall–Kier alpha value is -1.12. The maximum atomic E-state index is 5.87. The van der Waals surface area contributed by atoms with Gasteiger partial charge in [-0.3, -0.25) is 0 Å². The van der Waals surface area contributed by atoms with Gasteiger partial charge in [-0.25, -0.2) is 0 Å². The molecule has 1 heterocycles. The highest BCUT2D eigenvalue weighted by molar-refractivity contribution is 7.09. The van der Waals surface area contributed by atoms with Gasteiger partial charge in [-0.05, 0) is 49.2 Å². The van der Waals surface area contributed by atoms with Crippen LogP contribution in [0.2, 0.25) is 0 Å². The smallest absolute Gasteiger partial charge is 0.00485 e. The summed E-state index contributed by atoms with van der Waals surface area (Å²) in [7, 11) is 0. The van der Waals surface area contributed by atoms with Crippen LogP contribution in [0.25, 0.3) is 0 Å². The maximum absolute atomic E-state index is 5.87. The van der Waals surface area contributed by atoms with Gasteiger partial charge in [0.05, 0.1) is 0 Å². The first-order valence-corrected chi connectivity index (χ1v) is 6.94. The third-order valence-electron chi connectivity index (χ3n) is 3.05. The van der Waals surface area contributed by atoms with E-state index in [0.29, 0.717) is 5.92 Å². The van der Waals surface area contributed by atoms with Gasteiger partial charge < -0.3 is 5.73 Å². The minimum atomic E-state index is 0.552. The number of rotatable bonds is 5. The van der Waals surface area contributed by atoms with Crippen LogP contribution in [0.1, 0.15) is 16.0 Å². The molecule has 1 aromatic carbocycles. The van der Waals surface area contributed by atoms with Gasteiger partial charge in [-0.1, -0.05) is 35.9 Å². The molecule has 0 saturated heterocycles. The van der Waals surface area contributed by atoms with Crippen molar-refractivity contribution in [2.75, 3.05) is 6.54 Å². The fourth-order valence-corrected chi connectivity index (χ4v) is 2.83. The van der Waals surface area contributed by atoms with Crippen LogP contribution in [-0.2, 0) is 12.8 Å². The summed E-state index contributed by atoms with van der Waals surface area (Å²) in [5, 5.41) is 2.13. The molecule has 0 fully saturated rings. The van der Waals surface area contributed by atoms with Crippen LogP contribution in [0.4, 0.5) is 0 Å². The van der Waals surface area contributed by atoms with Gasteiger partial charge in [-0.2, -0.15) is 0 Å². The molecular weight excluding hydrogens is 226 g/mol. The highest BCUT2D eigenvalue weighted by Crippen LogP contribution is 2.17. The summed E-state index contributed by atoms with van der Waals surface area (Å²) in [5.41, 5.74) is 8.58. The Bertz CT molecular complexity index is 430. The van der Waals surface area contributed by atoms with E-state index in [1.165, 1.54) is 16.0 Å². The normalized spacial score (nSPS) is 12.6. The third-order valence-corrected chi connectivity index (χ3v) is 3.95. The molecule has 0 bridgehead atoms. The first-order valence-electron chi connectivity index (χ1n) is 6.06. The molecule has 0 amide bonds. The molecule has 0 radical (unpaired) electrons. The number of hydrogen-bond acceptors (Lipinski definition) is 2. The van der Waals surface area contributed by atoms with E-state index >= 15 is 0 Å². The van der Waals surface area contributed by atoms with E-state index in [1.807, 2.05) is 11.3 Å². The minimum absolute atomic E-state index is 0.552. The second-order valence-electron chi connectivity index (χ2n) is 4.57. The Kier molecular flexibility index (Phi) is 4.35. The van der Waals surface area contributed by atoms with Crippen molar-refractivity contribution in [2.45, 2.75) is 19.8 Å². The van der Waals surface area contributed by atoms with Crippen LogP contribution >= 0.6 is 11.3 Å². The maximum Gasteiger partial charge on any atom is 0.00485 e. The number of aryl methyl sites for hydroxylation is 1. The predicted octanol–water partition coefficient (Wildman–Crippen LogP) is 3.42. The van der Waals surface area contributed by atoms with Crippen molar-refractivity contribution < 1.29 is 0 Å². The van der Waals surface area contributed by atoms with Gasteiger partial charge >= 0.3 is 0 Å². The Balaban J connectivity index is 1.97. The molecule has 0 aliphatic rings. The van der Waals surface area contributed by atoms with Crippen molar-refractivity contribution in [3.63, 3.8) is 0 Å². The summed E-state index contributed by atoms with van der Waals surface area (Å²) in [6.07, 6.45) is 2.18. The van der Waals surface area contributed by atoms with Crippen LogP contribution in [-0.4, -0.2) is 6.54 Å². The number of nitrogens with two attached hydrogens (primary N) is 1. The van der Waals surface area contributed by atoms with Gasteiger partial charge in [0.25, 0.3) is 0 Å². The van der Waals surface area contributed by atoms with E-state index in [-0.39, 0.29) is 0 Å². The van der Waals surface area contributed by atoms with Crippen molar-refractivity contribution in [2.24, 2.45) is 11.7 Å². The molecule has 2 N–H and O–H groups in total. The van der Waals surface area contributed by atoms with Gasteiger partial charge in [0, 0.05) is 4.88 Å². The summed E-state index contributed by atoms with van der Waals surface area (Å²) in [5.74, 6) is 0.552. The molecule has 1 unspecified atom stereocenters. The van der Waals surface area contributed by atoms with Gasteiger partial charge in [0.2, 0.25) is 0 Å². The van der Waals surface area contributed by atoms with Crippen molar-refractivity contribution in [3.05, 3.63) is 57.8 Å². The van der Waals surface area contributed by atoms with E-state index in [1.54, 1.807) is 0 Å². The summed E-state index contributed by atoms with van der Waals surface area (Å²) in [4.78, 5) is 1.44. The van der Waals surface area contributed by atoms with Gasteiger partial charge in [0.1, 0.15) is 0 Å². The Labute approximate surface area is 107 Å². The molecule has 17 heavy (non-hydrogen) atoms. The monoisotopic (exact) mass is 245 g/mol. The van der Waals surface area contributed by atoms with Crippen molar-refractivity contribution in [1.82, 2.24) is 0 Å². The fourth-order valence-electron chi connectivity index (χ4n) is 2.01. The highest BCUT2D eigenvalue weighted by atomic mass is 32.1. The molecule has 0 aliphatic heterocycles. The summed E-state index contributed by atoms with van der Waals surface area (Å²) in [6.45, 7) is 2.88. The van der Waals surface area contributed by atoms with Crippen LogP contribution in [0.15, 0.2) is 41.8 Å². The molecule has 2 rings (SSSR count). The number of hydrogen-bond donors (Lipinski definition) is 1. The van der Waals surface area contributed by atoms with Crippen molar-refractivity contribution in [3.8, 4) is 0 Å². The molecular formula is C15H19NS. The molecule has 0 aliphatic carbocycles. The van der Waals surface area contributed by atoms with E-state index in [4.69, 9.17) is 5.73 Å². The molecule has 0 saturated carbocycles. The Morgan fingerprint density at radius 2 is 1.88 bits per heavy atom. The van der Waals surface area contributed by atoms with Crippen LogP contribution in [0.3, 0.4) is 0 Å². The highest BCUT2D eigenvalue weighted by Gasteiger charge is 2.09. The lowest BCUT2D eigenvalue weighted by molar-refractivity contribution is 0.537. The second kappa shape index (κ2) is 5.99. The first-order chi connectivity index (χ1) is 8.28. The first kappa shape index (κ1) is 12.3. The second-order valence-corrected chi connectivity index (χ2v) is 5.61. The minimum Gasteiger partial charge on any atom is -0.330 e. The van der Waals surface area contributed by atoms with E-state index in [2.05, 4.69) is 48.7 Å². The zero-order valence-electron chi connectivity index (χ0n) is 10.2. The third kappa shape index (κ3) is 3.69. The summed E-state index contributed by atoms with van der Waals surface area (Å²) < 4.78 is 0. The summed E-state index contributed by atoms with van der Waals surface area (Å²) >= 11 is 1.82. The zero-order valence-corrected chi connectivity index (χ0v) is 11.0. The number of thiophene rings is 1. The average Bonchev–Trinajstić information content (AvgIpc) is 2.84. The summed E-state index contributed by atoms with van der Waals surface area (Å²) in [6, 6.07) is 13.1. The Morgan fingerprint density at radius 1 is 1.12 bits per heavy atom. The lowest BCUT2D eigenvalue weighted by Crippen LogP contribution is -2.18. The molecule has 2 heteroatoms. The van der Waals surface area contributed by atoms with Crippen LogP contribution in [0, 0.1) is 12.8 Å². The van der Waals surface area contributed by atoms with Crippen molar-refractivity contribution in [1.29, 1.82) is 0 Å². The molecule has 2 aromatic rings. The van der Waals surface area contributed by atoms with Crippen LogP contribution < -0.4 is 5.73 Å². The van der Waals surface area contributed by atoms with Gasteiger partial charge in [0.15, 0.2) is 0 Å². The standard InChI is InChI=1S/C15H19NS/c1-12-4-6-13(7-5-12)9-14(11-16)10-15-3-2-8-17-15/h2-8,14H,9-11,16H2,1H3. The molecule has 0 spiro atoms. The van der Waals surface area contributed by atoms with Gasteiger partial charge in [-0.15, -0.1) is 11.3 Å². The molecule has 1 atom stereocenters. The molecule has 1 nitrogen and oxygen atoms in total. The fraction of sp³-hybridized carbons (Fsp3) is 0.333. The number of benzene rings is 1. The zero-order chi connectivity index (χ0) is 12.1.